The minimum atomic E-state index is -0.0241. The number of hydrogen-bond donors (Lipinski definition) is 1. The summed E-state index contributed by atoms with van der Waals surface area (Å²) in [6.45, 7) is 1.28. The summed E-state index contributed by atoms with van der Waals surface area (Å²) in [7, 11) is 0. The van der Waals surface area contributed by atoms with Crippen LogP contribution in [-0.2, 0) is 14.3 Å². The van der Waals surface area contributed by atoms with Crippen LogP contribution in [0.2, 0.25) is 0 Å². The summed E-state index contributed by atoms with van der Waals surface area (Å²) >= 11 is 0. The van der Waals surface area contributed by atoms with E-state index in [0.29, 0.717) is 13.2 Å². The van der Waals surface area contributed by atoms with Gasteiger partial charge in [0.15, 0.2) is 0 Å². The van der Waals surface area contributed by atoms with E-state index in [1.807, 2.05) is 24.3 Å². The molecule has 1 aliphatic heterocycles. The van der Waals surface area contributed by atoms with Gasteiger partial charge in [-0.15, -0.1) is 0 Å². The molecule has 5 heteroatoms. The standard InChI is InChI=1S/C16H20N2O3/c19-15-11-21-10-9-18(15)14-7-5-13(6-8-14)17-16(20)12-3-1-2-4-12/h5-8,12H,1-4,9-11H2,(H,17,20). The van der Waals surface area contributed by atoms with Crippen LogP contribution < -0.4 is 10.2 Å². The van der Waals surface area contributed by atoms with Gasteiger partial charge in [-0.05, 0) is 37.1 Å². The van der Waals surface area contributed by atoms with Crippen LogP contribution >= 0.6 is 0 Å². The normalized spacial score (nSPS) is 19.8. The van der Waals surface area contributed by atoms with Crippen molar-refractivity contribution in [2.75, 3.05) is 30.0 Å². The van der Waals surface area contributed by atoms with Crippen molar-refractivity contribution < 1.29 is 14.3 Å². The van der Waals surface area contributed by atoms with Crippen LogP contribution in [0, 0.1) is 5.92 Å². The molecule has 21 heavy (non-hydrogen) atoms. The number of nitrogens with one attached hydrogen (secondary N) is 1. The SMILES string of the molecule is O=C(Nc1ccc(N2CCOCC2=O)cc1)C1CCCC1. The Kier molecular flexibility index (Phi) is 4.20. The Labute approximate surface area is 124 Å². The smallest absolute Gasteiger partial charge is 0.253 e. The van der Waals surface area contributed by atoms with E-state index in [2.05, 4.69) is 5.32 Å². The maximum atomic E-state index is 12.1. The molecule has 1 heterocycles. The molecule has 1 aliphatic carbocycles. The summed E-state index contributed by atoms with van der Waals surface area (Å²) < 4.78 is 5.12. The molecule has 2 amide bonds. The first-order valence-corrected chi connectivity index (χ1v) is 7.53. The Bertz CT molecular complexity index is 521. The summed E-state index contributed by atoms with van der Waals surface area (Å²) in [6.07, 6.45) is 4.28. The van der Waals surface area contributed by atoms with Crippen LogP contribution in [0.1, 0.15) is 25.7 Å². The second-order valence-electron chi connectivity index (χ2n) is 5.62. The molecule has 0 radical (unpaired) electrons. The van der Waals surface area contributed by atoms with Crippen molar-refractivity contribution in [2.45, 2.75) is 25.7 Å². The van der Waals surface area contributed by atoms with E-state index in [4.69, 9.17) is 4.74 Å². The third-order valence-corrected chi connectivity index (χ3v) is 4.16. The first kappa shape index (κ1) is 14.1. The number of nitrogens with zero attached hydrogens (tertiary/aromatic N) is 1. The molecular weight excluding hydrogens is 268 g/mol. The fourth-order valence-electron chi connectivity index (χ4n) is 2.95. The van der Waals surface area contributed by atoms with Crippen molar-refractivity contribution in [1.29, 1.82) is 0 Å². The number of carbonyl (C=O) groups is 2. The summed E-state index contributed by atoms with van der Waals surface area (Å²) in [5, 5.41) is 2.96. The summed E-state index contributed by atoms with van der Waals surface area (Å²) in [4.78, 5) is 25.5. The van der Waals surface area contributed by atoms with Crippen LogP contribution in [0.3, 0.4) is 0 Å². The minimum absolute atomic E-state index is 0.0241. The lowest BCUT2D eigenvalue weighted by atomic mass is 10.1. The highest BCUT2D eigenvalue weighted by molar-refractivity contribution is 5.96. The quantitative estimate of drug-likeness (QED) is 0.927. The Balaban J connectivity index is 1.63. The molecule has 0 aromatic heterocycles. The number of ether oxygens (including phenoxy) is 1. The molecule has 0 unspecified atom stereocenters. The van der Waals surface area contributed by atoms with Gasteiger partial charge >= 0.3 is 0 Å². The van der Waals surface area contributed by atoms with Crippen LogP contribution in [0.5, 0.6) is 0 Å². The lowest BCUT2D eigenvalue weighted by Gasteiger charge is -2.27. The van der Waals surface area contributed by atoms with Gasteiger partial charge in [-0.1, -0.05) is 12.8 Å². The summed E-state index contributed by atoms with van der Waals surface area (Å²) in [5.74, 6) is 0.247. The third kappa shape index (κ3) is 3.24. The Hall–Kier alpha value is -1.88. The van der Waals surface area contributed by atoms with Crippen molar-refractivity contribution in [1.82, 2.24) is 0 Å². The molecule has 0 atom stereocenters. The van der Waals surface area contributed by atoms with Crippen LogP contribution in [0.15, 0.2) is 24.3 Å². The number of anilines is 2. The number of amides is 2. The van der Waals surface area contributed by atoms with Gasteiger partial charge in [0.25, 0.3) is 5.91 Å². The van der Waals surface area contributed by atoms with Gasteiger partial charge in [0, 0.05) is 23.8 Å². The predicted molar refractivity (Wildman–Crippen MR) is 80.2 cm³/mol. The molecule has 1 saturated carbocycles. The molecule has 1 N–H and O–H groups in total. The molecule has 5 nitrogen and oxygen atoms in total. The highest BCUT2D eigenvalue weighted by Gasteiger charge is 2.23. The highest BCUT2D eigenvalue weighted by atomic mass is 16.5. The van der Waals surface area contributed by atoms with Gasteiger partial charge in [-0.2, -0.15) is 0 Å². The molecule has 0 bridgehead atoms. The first-order valence-electron chi connectivity index (χ1n) is 7.53. The van der Waals surface area contributed by atoms with Crippen molar-refractivity contribution in [3.8, 4) is 0 Å². The predicted octanol–water partition coefficient (Wildman–Crippen LogP) is 2.18. The van der Waals surface area contributed by atoms with E-state index < -0.39 is 0 Å². The third-order valence-electron chi connectivity index (χ3n) is 4.16. The van der Waals surface area contributed by atoms with Gasteiger partial charge in [-0.25, -0.2) is 0 Å². The Morgan fingerprint density at radius 3 is 2.57 bits per heavy atom. The number of hydrogen-bond acceptors (Lipinski definition) is 3. The van der Waals surface area contributed by atoms with Crippen molar-refractivity contribution in [2.24, 2.45) is 5.92 Å². The largest absolute Gasteiger partial charge is 0.370 e. The van der Waals surface area contributed by atoms with E-state index in [-0.39, 0.29) is 24.3 Å². The molecule has 2 fully saturated rings. The van der Waals surface area contributed by atoms with E-state index in [1.165, 1.54) is 0 Å². The zero-order valence-electron chi connectivity index (χ0n) is 12.0. The fourth-order valence-corrected chi connectivity index (χ4v) is 2.95. The maximum absolute atomic E-state index is 12.1. The van der Waals surface area contributed by atoms with Crippen LogP contribution in [-0.4, -0.2) is 31.6 Å². The lowest BCUT2D eigenvalue weighted by Crippen LogP contribution is -2.41. The zero-order chi connectivity index (χ0) is 14.7. The molecule has 112 valence electrons. The molecule has 2 aliphatic rings. The molecule has 1 aromatic rings. The first-order chi connectivity index (χ1) is 10.2. The summed E-state index contributed by atoms with van der Waals surface area (Å²) in [5.41, 5.74) is 1.64. The molecule has 1 aromatic carbocycles. The van der Waals surface area contributed by atoms with Crippen LogP contribution in [0.25, 0.3) is 0 Å². The lowest BCUT2D eigenvalue weighted by molar-refractivity contribution is -0.125. The van der Waals surface area contributed by atoms with Crippen molar-refractivity contribution in [3.63, 3.8) is 0 Å². The number of rotatable bonds is 3. The molecular formula is C16H20N2O3. The van der Waals surface area contributed by atoms with E-state index in [1.54, 1.807) is 4.90 Å². The van der Waals surface area contributed by atoms with Crippen molar-refractivity contribution in [3.05, 3.63) is 24.3 Å². The molecule has 1 saturated heterocycles. The van der Waals surface area contributed by atoms with E-state index >= 15 is 0 Å². The summed E-state index contributed by atoms with van der Waals surface area (Å²) in [6, 6.07) is 7.44. The minimum Gasteiger partial charge on any atom is -0.370 e. The van der Waals surface area contributed by atoms with Gasteiger partial charge in [0.1, 0.15) is 6.61 Å². The average molecular weight is 288 g/mol. The second-order valence-corrected chi connectivity index (χ2v) is 5.62. The zero-order valence-corrected chi connectivity index (χ0v) is 12.0. The second kappa shape index (κ2) is 6.26. The van der Waals surface area contributed by atoms with Gasteiger partial charge < -0.3 is 15.0 Å². The Morgan fingerprint density at radius 2 is 1.90 bits per heavy atom. The average Bonchev–Trinajstić information content (AvgIpc) is 3.03. The van der Waals surface area contributed by atoms with Gasteiger partial charge in [-0.3, -0.25) is 9.59 Å². The van der Waals surface area contributed by atoms with Gasteiger partial charge in [0.2, 0.25) is 5.91 Å². The monoisotopic (exact) mass is 288 g/mol. The Morgan fingerprint density at radius 1 is 1.19 bits per heavy atom. The number of benzene rings is 1. The van der Waals surface area contributed by atoms with Crippen LogP contribution in [0.4, 0.5) is 11.4 Å². The fraction of sp³-hybridized carbons (Fsp3) is 0.500. The highest BCUT2D eigenvalue weighted by Crippen LogP contribution is 2.26. The topological polar surface area (TPSA) is 58.6 Å². The maximum Gasteiger partial charge on any atom is 0.253 e. The van der Waals surface area contributed by atoms with E-state index in [0.717, 1.165) is 37.1 Å². The van der Waals surface area contributed by atoms with Crippen molar-refractivity contribution >= 4 is 23.2 Å². The molecule has 3 rings (SSSR count). The van der Waals surface area contributed by atoms with Gasteiger partial charge in [0.05, 0.1) is 6.61 Å². The molecule has 0 spiro atoms. The van der Waals surface area contributed by atoms with E-state index in [9.17, 15) is 9.59 Å². The number of morpholine rings is 1. The number of carbonyl (C=O) groups excluding carboxylic acids is 2.